The van der Waals surface area contributed by atoms with E-state index in [1.54, 1.807) is 11.8 Å². The maximum atomic E-state index is 11.1. The molecular weight excluding hydrogens is 162 g/mol. The van der Waals surface area contributed by atoms with Crippen LogP contribution in [0.3, 0.4) is 0 Å². The van der Waals surface area contributed by atoms with Crippen LogP contribution in [0.1, 0.15) is 19.8 Å². The van der Waals surface area contributed by atoms with E-state index in [9.17, 15) is 4.79 Å². The molecule has 1 rings (SSSR count). The van der Waals surface area contributed by atoms with E-state index >= 15 is 0 Å². The van der Waals surface area contributed by atoms with Crippen molar-refractivity contribution >= 4 is 17.7 Å². The van der Waals surface area contributed by atoms with Crippen molar-refractivity contribution in [2.45, 2.75) is 25.0 Å². The van der Waals surface area contributed by atoms with E-state index in [-0.39, 0.29) is 11.2 Å². The Balaban J connectivity index is 2.17. The van der Waals surface area contributed by atoms with Gasteiger partial charge in [-0.2, -0.15) is 0 Å². The Kier molecular flexibility index (Phi) is 3.72. The fourth-order valence-corrected chi connectivity index (χ4v) is 2.14. The van der Waals surface area contributed by atoms with E-state index in [4.69, 9.17) is 4.84 Å². The van der Waals surface area contributed by atoms with Gasteiger partial charge < -0.3 is 0 Å². The molecule has 1 N–H and O–H groups in total. The first-order valence-corrected chi connectivity index (χ1v) is 4.92. The minimum atomic E-state index is 0.0225. The van der Waals surface area contributed by atoms with Crippen LogP contribution < -0.4 is 5.48 Å². The highest BCUT2D eigenvalue weighted by atomic mass is 32.2. The largest absolute Gasteiger partial charge is 0.274 e. The number of carbonyl (C=O) groups is 1. The molecule has 0 aromatic rings. The first-order valence-electron chi connectivity index (χ1n) is 3.88. The minimum absolute atomic E-state index is 0.0225. The first-order chi connectivity index (χ1) is 5.34. The Morgan fingerprint density at radius 2 is 2.64 bits per heavy atom. The summed E-state index contributed by atoms with van der Waals surface area (Å²) in [5, 5.41) is 0.126. The van der Waals surface area contributed by atoms with Crippen LogP contribution in [0, 0.1) is 0 Å². The molecule has 0 spiro atoms. The van der Waals surface area contributed by atoms with Crippen molar-refractivity contribution in [1.82, 2.24) is 5.48 Å². The van der Waals surface area contributed by atoms with Crippen LogP contribution in [-0.4, -0.2) is 23.5 Å². The first kappa shape index (κ1) is 8.87. The summed E-state index contributed by atoms with van der Waals surface area (Å²) in [6, 6.07) is 0. The number of amides is 1. The average molecular weight is 175 g/mol. The van der Waals surface area contributed by atoms with E-state index in [0.717, 1.165) is 18.6 Å². The van der Waals surface area contributed by atoms with Crippen LogP contribution in [0.15, 0.2) is 0 Å². The van der Waals surface area contributed by atoms with Crippen LogP contribution in [0.2, 0.25) is 0 Å². The van der Waals surface area contributed by atoms with Gasteiger partial charge in [0.15, 0.2) is 0 Å². The van der Waals surface area contributed by atoms with Gasteiger partial charge in [-0.1, -0.05) is 0 Å². The fourth-order valence-electron chi connectivity index (χ4n) is 0.993. The second-order valence-corrected chi connectivity index (χ2v) is 3.71. The topological polar surface area (TPSA) is 38.3 Å². The van der Waals surface area contributed by atoms with Gasteiger partial charge in [-0.15, -0.1) is 11.8 Å². The second-order valence-electron chi connectivity index (χ2n) is 2.40. The zero-order valence-corrected chi connectivity index (χ0v) is 7.45. The van der Waals surface area contributed by atoms with Crippen molar-refractivity contribution in [1.29, 1.82) is 0 Å². The Labute approximate surface area is 70.8 Å². The molecule has 1 atom stereocenters. The lowest BCUT2D eigenvalue weighted by Gasteiger charge is -2.07. The number of hydroxylamine groups is 1. The van der Waals surface area contributed by atoms with Crippen LogP contribution in [0.4, 0.5) is 0 Å². The number of hydrogen-bond donors (Lipinski definition) is 1. The van der Waals surface area contributed by atoms with Gasteiger partial charge in [0.25, 0.3) is 5.91 Å². The normalized spacial score (nSPS) is 23.5. The van der Waals surface area contributed by atoms with Gasteiger partial charge in [0.1, 0.15) is 0 Å². The SMILES string of the molecule is CCONC(=O)C1CCCS1. The molecule has 1 unspecified atom stereocenters. The van der Waals surface area contributed by atoms with Gasteiger partial charge in [-0.25, -0.2) is 5.48 Å². The Morgan fingerprint density at radius 3 is 3.18 bits per heavy atom. The zero-order valence-electron chi connectivity index (χ0n) is 6.63. The maximum Gasteiger partial charge on any atom is 0.256 e. The van der Waals surface area contributed by atoms with E-state index in [2.05, 4.69) is 5.48 Å². The van der Waals surface area contributed by atoms with Gasteiger partial charge in [0.2, 0.25) is 0 Å². The molecule has 1 amide bonds. The molecule has 0 aromatic carbocycles. The Morgan fingerprint density at radius 1 is 1.82 bits per heavy atom. The quantitative estimate of drug-likeness (QED) is 0.649. The summed E-state index contributed by atoms with van der Waals surface area (Å²) < 4.78 is 0. The lowest BCUT2D eigenvalue weighted by molar-refractivity contribution is -0.132. The van der Waals surface area contributed by atoms with Crippen molar-refractivity contribution in [3.8, 4) is 0 Å². The molecule has 1 heterocycles. The molecule has 64 valence electrons. The third-order valence-corrected chi connectivity index (χ3v) is 2.92. The molecule has 0 aliphatic carbocycles. The maximum absolute atomic E-state index is 11.1. The summed E-state index contributed by atoms with van der Waals surface area (Å²) in [7, 11) is 0. The third-order valence-electron chi connectivity index (χ3n) is 1.54. The van der Waals surface area contributed by atoms with E-state index in [1.807, 2.05) is 6.92 Å². The third kappa shape index (κ3) is 2.71. The van der Waals surface area contributed by atoms with Gasteiger partial charge in [-0.05, 0) is 25.5 Å². The monoisotopic (exact) mass is 175 g/mol. The van der Waals surface area contributed by atoms with Gasteiger partial charge in [-0.3, -0.25) is 9.63 Å². The smallest absolute Gasteiger partial charge is 0.256 e. The number of carbonyl (C=O) groups excluding carboxylic acids is 1. The van der Waals surface area contributed by atoms with Crippen molar-refractivity contribution in [3.63, 3.8) is 0 Å². The number of nitrogens with one attached hydrogen (secondary N) is 1. The van der Waals surface area contributed by atoms with Crippen LogP contribution in [0.25, 0.3) is 0 Å². The molecule has 1 saturated heterocycles. The van der Waals surface area contributed by atoms with E-state index in [1.165, 1.54) is 0 Å². The highest BCUT2D eigenvalue weighted by molar-refractivity contribution is 8.00. The van der Waals surface area contributed by atoms with Crippen molar-refractivity contribution in [2.24, 2.45) is 0 Å². The lowest BCUT2D eigenvalue weighted by atomic mass is 10.2. The molecule has 0 aromatic heterocycles. The summed E-state index contributed by atoms with van der Waals surface area (Å²) in [5.41, 5.74) is 2.41. The zero-order chi connectivity index (χ0) is 8.10. The standard InChI is InChI=1S/C7H13NO2S/c1-2-10-8-7(9)6-4-3-5-11-6/h6H,2-5H2,1H3,(H,8,9). The number of hydrogen-bond acceptors (Lipinski definition) is 3. The highest BCUT2D eigenvalue weighted by Crippen LogP contribution is 2.25. The Bertz CT molecular complexity index is 134. The van der Waals surface area contributed by atoms with Crippen LogP contribution in [-0.2, 0) is 9.63 Å². The number of rotatable bonds is 3. The molecule has 1 fully saturated rings. The van der Waals surface area contributed by atoms with Gasteiger partial charge in [0, 0.05) is 0 Å². The van der Waals surface area contributed by atoms with Crippen LogP contribution >= 0.6 is 11.8 Å². The average Bonchev–Trinajstić information content (AvgIpc) is 2.52. The fraction of sp³-hybridized carbons (Fsp3) is 0.857. The summed E-state index contributed by atoms with van der Waals surface area (Å²) in [6.07, 6.45) is 2.14. The summed E-state index contributed by atoms with van der Waals surface area (Å²) in [5.74, 6) is 1.12. The molecule has 0 saturated carbocycles. The van der Waals surface area contributed by atoms with Gasteiger partial charge in [0.05, 0.1) is 11.9 Å². The van der Waals surface area contributed by atoms with Crippen molar-refractivity contribution < 1.29 is 9.63 Å². The van der Waals surface area contributed by atoms with Gasteiger partial charge >= 0.3 is 0 Å². The highest BCUT2D eigenvalue weighted by Gasteiger charge is 2.22. The molecule has 3 nitrogen and oxygen atoms in total. The van der Waals surface area contributed by atoms with Crippen molar-refractivity contribution in [3.05, 3.63) is 0 Å². The van der Waals surface area contributed by atoms with Crippen molar-refractivity contribution in [2.75, 3.05) is 12.4 Å². The molecule has 11 heavy (non-hydrogen) atoms. The summed E-state index contributed by atoms with van der Waals surface area (Å²) >= 11 is 1.71. The van der Waals surface area contributed by atoms with E-state index < -0.39 is 0 Å². The molecule has 0 bridgehead atoms. The molecule has 1 aliphatic heterocycles. The Hall–Kier alpha value is -0.220. The summed E-state index contributed by atoms with van der Waals surface area (Å²) in [4.78, 5) is 15.9. The predicted octanol–water partition coefficient (Wildman–Crippen LogP) is 0.950. The van der Waals surface area contributed by atoms with E-state index in [0.29, 0.717) is 6.61 Å². The second kappa shape index (κ2) is 4.62. The van der Waals surface area contributed by atoms with Crippen LogP contribution in [0.5, 0.6) is 0 Å². The lowest BCUT2D eigenvalue weighted by Crippen LogP contribution is -2.31. The molecular formula is C7H13NO2S. The number of thioether (sulfide) groups is 1. The molecule has 1 aliphatic rings. The predicted molar refractivity (Wildman–Crippen MR) is 45.2 cm³/mol. The minimum Gasteiger partial charge on any atom is -0.274 e. The molecule has 0 radical (unpaired) electrons. The molecule has 4 heteroatoms. The summed E-state index contributed by atoms with van der Waals surface area (Å²) in [6.45, 7) is 2.38.